The predicted octanol–water partition coefficient (Wildman–Crippen LogP) is 3.72. The number of carbonyl (C=O) groups excluding carboxylic acids is 1. The molecule has 98 valence electrons. The first-order valence-electron chi connectivity index (χ1n) is 6.82. The van der Waals surface area contributed by atoms with Crippen LogP contribution in [0, 0.1) is 11.8 Å². The van der Waals surface area contributed by atoms with E-state index in [1.54, 1.807) is 0 Å². The Kier molecular flexibility index (Phi) is 3.74. The number of hydrogen-bond acceptors (Lipinski definition) is 2. The molecule has 0 bridgehead atoms. The molecule has 1 aliphatic carbocycles. The second kappa shape index (κ2) is 5.13. The van der Waals surface area contributed by atoms with Gasteiger partial charge >= 0.3 is 5.97 Å². The Morgan fingerprint density at radius 2 is 1.89 bits per heavy atom. The minimum absolute atomic E-state index is 0.0389. The van der Waals surface area contributed by atoms with Crippen LogP contribution in [-0.4, -0.2) is 12.6 Å². The van der Waals surface area contributed by atoms with Crippen molar-refractivity contribution in [3.63, 3.8) is 0 Å². The predicted molar refractivity (Wildman–Crippen MR) is 72.6 cm³/mol. The van der Waals surface area contributed by atoms with Gasteiger partial charge in [0.15, 0.2) is 0 Å². The van der Waals surface area contributed by atoms with Gasteiger partial charge in [0.05, 0.1) is 12.5 Å². The fraction of sp³-hybridized carbons (Fsp3) is 0.562. The Labute approximate surface area is 109 Å². The Morgan fingerprint density at radius 3 is 2.39 bits per heavy atom. The molecule has 2 heteroatoms. The minimum Gasteiger partial charge on any atom is -0.466 e. The molecule has 0 N–H and O–H groups in total. The molecule has 2 rings (SSSR count). The van der Waals surface area contributed by atoms with E-state index in [1.807, 2.05) is 6.92 Å². The summed E-state index contributed by atoms with van der Waals surface area (Å²) in [7, 11) is 0. The van der Waals surface area contributed by atoms with Crippen molar-refractivity contribution in [3.05, 3.63) is 35.4 Å². The second-order valence-corrected chi connectivity index (χ2v) is 5.48. The topological polar surface area (TPSA) is 26.3 Å². The second-order valence-electron chi connectivity index (χ2n) is 5.48. The highest BCUT2D eigenvalue weighted by Gasteiger charge is 2.53. The van der Waals surface area contributed by atoms with E-state index in [4.69, 9.17) is 4.74 Å². The van der Waals surface area contributed by atoms with E-state index in [-0.39, 0.29) is 11.9 Å². The van der Waals surface area contributed by atoms with Crippen molar-refractivity contribution < 1.29 is 9.53 Å². The van der Waals surface area contributed by atoms with Gasteiger partial charge in [-0.2, -0.15) is 0 Å². The van der Waals surface area contributed by atoms with Crippen molar-refractivity contribution >= 4 is 5.97 Å². The number of rotatable bonds is 4. The fourth-order valence-corrected chi connectivity index (χ4v) is 2.68. The first kappa shape index (κ1) is 13.1. The zero-order chi connectivity index (χ0) is 13.3. The summed E-state index contributed by atoms with van der Waals surface area (Å²) in [6.07, 6.45) is 0. The molecule has 0 heterocycles. The standard InChI is InChI=1S/C16H22O2/c1-5-18-16(17)15-11(4)14(15)13-8-6-12(7-9-13)10(2)3/h6-11,14-15H,5H2,1-4H3. The van der Waals surface area contributed by atoms with Crippen molar-refractivity contribution in [1.82, 2.24) is 0 Å². The third-order valence-electron chi connectivity index (χ3n) is 3.93. The van der Waals surface area contributed by atoms with Gasteiger partial charge in [-0.15, -0.1) is 0 Å². The summed E-state index contributed by atoms with van der Waals surface area (Å²) < 4.78 is 5.11. The highest BCUT2D eigenvalue weighted by molar-refractivity contribution is 5.78. The van der Waals surface area contributed by atoms with Crippen LogP contribution in [0.3, 0.4) is 0 Å². The maximum atomic E-state index is 11.8. The molecule has 0 saturated heterocycles. The molecule has 3 unspecified atom stereocenters. The van der Waals surface area contributed by atoms with E-state index in [9.17, 15) is 4.79 Å². The molecular formula is C16H22O2. The summed E-state index contributed by atoms with van der Waals surface area (Å²) in [6.45, 7) is 8.84. The van der Waals surface area contributed by atoms with Crippen LogP contribution in [0.2, 0.25) is 0 Å². The van der Waals surface area contributed by atoms with Crippen LogP contribution in [0.1, 0.15) is 50.7 Å². The van der Waals surface area contributed by atoms with Gasteiger partial charge in [-0.25, -0.2) is 0 Å². The molecule has 1 aromatic carbocycles. The van der Waals surface area contributed by atoms with Crippen molar-refractivity contribution in [3.8, 4) is 0 Å². The SMILES string of the molecule is CCOC(=O)C1C(C)C1c1ccc(C(C)C)cc1. The average molecular weight is 246 g/mol. The smallest absolute Gasteiger partial charge is 0.309 e. The minimum atomic E-state index is -0.0389. The number of carbonyl (C=O) groups is 1. The first-order valence-corrected chi connectivity index (χ1v) is 6.82. The van der Waals surface area contributed by atoms with Crippen LogP contribution in [0.15, 0.2) is 24.3 Å². The van der Waals surface area contributed by atoms with Gasteiger partial charge in [0.1, 0.15) is 0 Å². The zero-order valence-electron chi connectivity index (χ0n) is 11.6. The molecule has 1 aliphatic rings. The molecule has 1 saturated carbocycles. The van der Waals surface area contributed by atoms with Crippen LogP contribution in [0.25, 0.3) is 0 Å². The van der Waals surface area contributed by atoms with Crippen molar-refractivity contribution in [2.75, 3.05) is 6.61 Å². The van der Waals surface area contributed by atoms with Crippen LogP contribution >= 0.6 is 0 Å². The number of esters is 1. The molecule has 1 fully saturated rings. The van der Waals surface area contributed by atoms with Gasteiger partial charge in [0, 0.05) is 5.92 Å². The Bertz CT molecular complexity index is 419. The highest BCUT2D eigenvalue weighted by atomic mass is 16.5. The summed E-state index contributed by atoms with van der Waals surface area (Å²) in [4.78, 5) is 11.8. The molecule has 0 radical (unpaired) electrons. The summed E-state index contributed by atoms with van der Waals surface area (Å²) in [5.41, 5.74) is 2.62. The molecule has 1 aromatic rings. The van der Waals surface area contributed by atoms with Gasteiger partial charge in [0.2, 0.25) is 0 Å². The normalized spacial score (nSPS) is 26.2. The zero-order valence-corrected chi connectivity index (χ0v) is 11.6. The van der Waals surface area contributed by atoms with E-state index < -0.39 is 0 Å². The third-order valence-corrected chi connectivity index (χ3v) is 3.93. The third kappa shape index (κ3) is 2.43. The van der Waals surface area contributed by atoms with E-state index in [0.29, 0.717) is 24.4 Å². The lowest BCUT2D eigenvalue weighted by Gasteiger charge is -2.06. The lowest BCUT2D eigenvalue weighted by molar-refractivity contribution is -0.145. The maximum Gasteiger partial charge on any atom is 0.309 e. The molecule has 0 aromatic heterocycles. The van der Waals surface area contributed by atoms with Crippen LogP contribution in [-0.2, 0) is 9.53 Å². The molecule has 0 spiro atoms. The Balaban J connectivity index is 2.07. The van der Waals surface area contributed by atoms with Gasteiger partial charge < -0.3 is 4.74 Å². The van der Waals surface area contributed by atoms with Crippen LogP contribution in [0.4, 0.5) is 0 Å². The molecule has 0 amide bonds. The van der Waals surface area contributed by atoms with Crippen LogP contribution < -0.4 is 0 Å². The van der Waals surface area contributed by atoms with E-state index in [1.165, 1.54) is 11.1 Å². The lowest BCUT2D eigenvalue weighted by atomic mass is 9.99. The van der Waals surface area contributed by atoms with Gasteiger partial charge in [0.25, 0.3) is 0 Å². The Hall–Kier alpha value is -1.31. The number of benzene rings is 1. The summed E-state index contributed by atoms with van der Waals surface area (Å²) in [6, 6.07) is 8.67. The fourth-order valence-electron chi connectivity index (χ4n) is 2.68. The van der Waals surface area contributed by atoms with E-state index >= 15 is 0 Å². The Morgan fingerprint density at radius 1 is 1.28 bits per heavy atom. The molecular weight excluding hydrogens is 224 g/mol. The monoisotopic (exact) mass is 246 g/mol. The number of hydrogen-bond donors (Lipinski definition) is 0. The highest BCUT2D eigenvalue weighted by Crippen LogP contribution is 2.54. The van der Waals surface area contributed by atoms with Crippen molar-refractivity contribution in [2.45, 2.75) is 39.5 Å². The van der Waals surface area contributed by atoms with Gasteiger partial charge in [-0.1, -0.05) is 45.0 Å². The summed E-state index contributed by atoms with van der Waals surface area (Å²) in [5.74, 6) is 1.34. The lowest BCUT2D eigenvalue weighted by Crippen LogP contribution is -2.08. The first-order chi connectivity index (χ1) is 8.56. The van der Waals surface area contributed by atoms with Gasteiger partial charge in [-0.05, 0) is 29.9 Å². The largest absolute Gasteiger partial charge is 0.466 e. The summed E-state index contributed by atoms with van der Waals surface area (Å²) in [5, 5.41) is 0. The maximum absolute atomic E-state index is 11.8. The molecule has 0 aliphatic heterocycles. The van der Waals surface area contributed by atoms with Gasteiger partial charge in [-0.3, -0.25) is 4.79 Å². The van der Waals surface area contributed by atoms with Crippen LogP contribution in [0.5, 0.6) is 0 Å². The molecule has 2 nitrogen and oxygen atoms in total. The average Bonchev–Trinajstić information content (AvgIpc) is 3.01. The van der Waals surface area contributed by atoms with Crippen molar-refractivity contribution in [1.29, 1.82) is 0 Å². The quantitative estimate of drug-likeness (QED) is 0.757. The van der Waals surface area contributed by atoms with E-state index in [0.717, 1.165) is 0 Å². The molecule has 3 atom stereocenters. The summed E-state index contributed by atoms with van der Waals surface area (Å²) >= 11 is 0. The van der Waals surface area contributed by atoms with Crippen molar-refractivity contribution in [2.24, 2.45) is 11.8 Å². The number of ether oxygens (including phenoxy) is 1. The van der Waals surface area contributed by atoms with E-state index in [2.05, 4.69) is 45.0 Å². The molecule has 18 heavy (non-hydrogen) atoms.